The van der Waals surface area contributed by atoms with Gasteiger partial charge < -0.3 is 51.7 Å². The van der Waals surface area contributed by atoms with Gasteiger partial charge in [0.2, 0.25) is 5.78 Å². The van der Waals surface area contributed by atoms with E-state index in [2.05, 4.69) is 107 Å². The van der Waals surface area contributed by atoms with E-state index in [4.69, 9.17) is 5.73 Å². The summed E-state index contributed by atoms with van der Waals surface area (Å²) in [6, 6.07) is 3.61. The van der Waals surface area contributed by atoms with Gasteiger partial charge in [0.15, 0.2) is 28.8 Å². The lowest BCUT2D eigenvalue weighted by Gasteiger charge is -2.70. The second-order valence-electron chi connectivity index (χ2n) is 40.5. The van der Waals surface area contributed by atoms with Crippen LogP contribution in [0.2, 0.25) is 0 Å². The number of phenols is 4. The summed E-state index contributed by atoms with van der Waals surface area (Å²) in [4.78, 5) is 49.6. The number of aliphatic hydroxyl groups excluding tert-OH is 2. The third-order valence-electron chi connectivity index (χ3n) is 35.4. The Kier molecular flexibility index (Phi) is 19.2. The van der Waals surface area contributed by atoms with Gasteiger partial charge >= 0.3 is 17.9 Å². The van der Waals surface area contributed by atoms with Crippen molar-refractivity contribution in [3.63, 3.8) is 0 Å². The van der Waals surface area contributed by atoms with Crippen LogP contribution < -0.4 is 5.73 Å². The minimum Gasteiger partial charge on any atom is -0.504 e. The molecule has 0 aromatic heterocycles. The van der Waals surface area contributed by atoms with Gasteiger partial charge in [0.1, 0.15) is 0 Å². The molecule has 9 saturated carbocycles. The summed E-state index contributed by atoms with van der Waals surface area (Å²) >= 11 is 3.50. The fraction of sp³-hybridized carbons (Fsp3) is 0.692. The molecule has 16 heteroatoms. The number of aliphatic hydroxyl groups is 2. The minimum absolute atomic E-state index is 0.0000746. The fourth-order valence-corrected chi connectivity index (χ4v) is 29.2. The fourth-order valence-electron chi connectivity index (χ4n) is 27.1. The van der Waals surface area contributed by atoms with Crippen LogP contribution in [-0.4, -0.2) is 94.3 Å². The van der Waals surface area contributed by atoms with Gasteiger partial charge in [0, 0.05) is 50.4 Å². The molecule has 0 aliphatic heterocycles. The van der Waals surface area contributed by atoms with Crippen molar-refractivity contribution in [2.24, 2.45) is 93.9 Å². The Morgan fingerprint density at radius 2 is 0.804 bits per heavy atom. The summed E-state index contributed by atoms with van der Waals surface area (Å²) in [6.45, 7) is 40.9. The summed E-state index contributed by atoms with van der Waals surface area (Å²) < 4.78 is 0. The molecule has 0 bridgehead atoms. The van der Waals surface area contributed by atoms with Gasteiger partial charge in [-0.3, -0.25) is 19.2 Å². The van der Waals surface area contributed by atoms with Crippen LogP contribution in [0.1, 0.15) is 289 Å². The molecular weight excluding hydrogens is 1380 g/mol. The maximum atomic E-state index is 12.6. The quantitative estimate of drug-likeness (QED) is 0.0825. The molecule has 0 heterocycles. The number of thioether (sulfide) groups is 2. The maximum Gasteiger partial charge on any atom is 0.309 e. The van der Waals surface area contributed by atoms with Crippen molar-refractivity contribution < 1.29 is 65.1 Å². The Balaban J connectivity index is 0.000000142. The van der Waals surface area contributed by atoms with E-state index >= 15 is 0 Å². The number of allylic oxidation sites excluding steroid dienone is 9. The molecule has 107 heavy (non-hydrogen) atoms. The topological polar surface area (TPSA) is 276 Å². The standard InChI is InChI=1S/C31H45NO4S.C31H44O5S.C29H38O4/c2*1-18-24-19(15-20(33)25(18)34)29(4)10-12-31(6)23-17-28(3,26(35)36)8-7-27(23,2)9-11-30(31,5)22(29)16-21(24)37-14-13-32;1-17-18-7-8-21-27(4,19(18)15-20(30)23(17)31)12-14-29(6)22-16-26(3,24(32)33)10-9-25(22,2)11-13-28(21,29)5/h15-16,21,23,33-34H,7-14,17,32H2,1-6H3,(H,35,36);15-16,21,23,32-34H,7-14,17H2,1-6H3,(H,35,36);7-8,15,22,31H,9-14,16H2,1-6H3,(H,32,33)/t2*21?,23-,27-,28-,29+,30-,31+;22-,25-,26-,27+,28-,29+/m111/s1. The number of hydrogen-bond acceptors (Lipinski definition) is 13. The predicted molar refractivity (Wildman–Crippen MR) is 427 cm³/mol. The van der Waals surface area contributed by atoms with E-state index < -0.39 is 34.2 Å². The highest BCUT2D eigenvalue weighted by Crippen LogP contribution is 2.80. The molecule has 0 spiro atoms. The van der Waals surface area contributed by atoms with Crippen molar-refractivity contribution in [3.05, 3.63) is 115 Å². The molecule has 2 aromatic carbocycles. The SMILES string of the molecule is CC1=C(O)C(=O)C=C2C1=CC=C1[C@@]2(C)CC[C@@]2(C)[C@@H]3C[C@](C)(C(=O)O)CC[C@]3(C)CC[C@]12C.Cc1c(O)c(O)cc2c1C(SCCN)C=C1[C@@]2(C)CC[C@@]2(C)[C@@H]3C[C@](C)(C(=O)O)CC[C@]3(C)CC[C@]12C.Cc1c(O)c(O)cc2c1C(SCCO)C=C1[C@@]2(C)CC[C@@]2(C)[C@@H]3C[C@](C)(C(=O)O)CC[C@]3(C)CC[C@]12C. The second-order valence-corrected chi connectivity index (χ2v) is 43.0. The van der Waals surface area contributed by atoms with E-state index in [0.717, 1.165) is 185 Å². The van der Waals surface area contributed by atoms with Crippen molar-refractivity contribution in [1.82, 2.24) is 0 Å². The smallest absolute Gasteiger partial charge is 0.309 e. The molecule has 14 nitrogen and oxygen atoms in total. The number of aliphatic carboxylic acids is 3. The first-order valence-electron chi connectivity index (χ1n) is 40.5. The number of ketones is 1. The van der Waals surface area contributed by atoms with E-state index in [0.29, 0.717) is 35.6 Å². The summed E-state index contributed by atoms with van der Waals surface area (Å²) in [7, 11) is 0. The molecule has 20 atom stereocenters. The number of carboxylic acid groups (broad SMARTS) is 3. The average Bonchev–Trinajstić information content (AvgIpc) is 0.688. The number of hydrogen-bond donors (Lipinski definition) is 10. The summed E-state index contributed by atoms with van der Waals surface area (Å²) in [6.07, 6.45) is 30.8. The van der Waals surface area contributed by atoms with Gasteiger partial charge in [-0.1, -0.05) is 124 Å². The van der Waals surface area contributed by atoms with Crippen molar-refractivity contribution in [1.29, 1.82) is 0 Å². The molecule has 0 radical (unpaired) electrons. The number of carbonyl (C=O) groups excluding carboxylic acids is 1. The lowest BCUT2D eigenvalue weighted by atomic mass is 9.34. The molecule has 2 aromatic rings. The first-order chi connectivity index (χ1) is 49.6. The Hall–Kier alpha value is -5.42. The number of carbonyl (C=O) groups is 4. The minimum atomic E-state index is -0.681. The Labute approximate surface area is 645 Å². The number of aromatic hydroxyl groups is 4. The zero-order valence-electron chi connectivity index (χ0n) is 67.7. The molecular formula is C91H127NO13S2. The molecule has 0 amide bonds. The van der Waals surface area contributed by atoms with Gasteiger partial charge in [0.05, 0.1) is 22.9 Å². The van der Waals surface area contributed by atoms with Crippen LogP contribution in [-0.2, 0) is 30.0 Å². The molecule has 11 N–H and O–H groups in total. The van der Waals surface area contributed by atoms with Gasteiger partial charge in [0.25, 0.3) is 0 Å². The molecule has 13 aliphatic carbocycles. The molecule has 0 saturated heterocycles. The van der Waals surface area contributed by atoms with E-state index in [1.165, 1.54) is 16.7 Å². The van der Waals surface area contributed by atoms with Crippen LogP contribution in [0.15, 0.2) is 81.7 Å². The molecule has 15 rings (SSSR count). The molecule has 9 fully saturated rings. The van der Waals surface area contributed by atoms with Gasteiger partial charge in [-0.2, -0.15) is 0 Å². The average molecular weight is 1510 g/mol. The lowest BCUT2D eigenvalue weighted by molar-refractivity contribution is -0.178. The van der Waals surface area contributed by atoms with Crippen LogP contribution >= 0.6 is 23.5 Å². The van der Waals surface area contributed by atoms with Crippen molar-refractivity contribution in [2.75, 3.05) is 24.7 Å². The van der Waals surface area contributed by atoms with Crippen LogP contribution in [0.4, 0.5) is 0 Å². The van der Waals surface area contributed by atoms with Crippen LogP contribution in [0, 0.1) is 102 Å². The second kappa shape index (κ2) is 25.8. The normalized spacial score (nSPS) is 43.9. The number of phenolic OH excluding ortho intramolecular Hbond substituents is 4. The zero-order valence-corrected chi connectivity index (χ0v) is 69.3. The van der Waals surface area contributed by atoms with E-state index in [1.807, 2.05) is 59.4 Å². The van der Waals surface area contributed by atoms with Crippen molar-refractivity contribution >= 4 is 47.2 Å². The van der Waals surface area contributed by atoms with Gasteiger partial charge in [-0.25, -0.2) is 0 Å². The van der Waals surface area contributed by atoms with Crippen LogP contribution in [0.25, 0.3) is 0 Å². The molecule has 2 unspecified atom stereocenters. The van der Waals surface area contributed by atoms with Crippen molar-refractivity contribution in [3.8, 4) is 23.0 Å². The van der Waals surface area contributed by atoms with E-state index in [9.17, 15) is 65.1 Å². The van der Waals surface area contributed by atoms with Crippen LogP contribution in [0.3, 0.4) is 0 Å². The predicted octanol–water partition coefficient (Wildman–Crippen LogP) is 20.4. The highest BCUT2D eigenvalue weighted by atomic mass is 32.2. The summed E-state index contributed by atoms with van der Waals surface area (Å²) in [5.41, 5.74) is 16.2. The third-order valence-corrected chi connectivity index (χ3v) is 37.7. The molecule has 586 valence electrons. The summed E-state index contributed by atoms with van der Waals surface area (Å²) in [5.74, 6) is -0.160. The highest BCUT2D eigenvalue weighted by molar-refractivity contribution is 7.99. The lowest BCUT2D eigenvalue weighted by Crippen LogP contribution is -2.62. The zero-order chi connectivity index (χ0) is 78.6. The number of rotatable bonds is 9. The molecule has 13 aliphatic rings. The van der Waals surface area contributed by atoms with Gasteiger partial charge in [-0.15, -0.1) is 23.5 Å². The number of nitrogens with two attached hydrogens (primary N) is 1. The number of carboxylic acids is 3. The highest BCUT2D eigenvalue weighted by Gasteiger charge is 2.72. The third kappa shape index (κ3) is 11.1. The monoisotopic (exact) mass is 1510 g/mol. The first kappa shape index (κ1) is 79.7. The summed E-state index contributed by atoms with van der Waals surface area (Å²) in [5, 5.41) is 93.1. The number of fused-ring (bicyclic) bond motifs is 21. The van der Waals surface area contributed by atoms with E-state index in [-0.39, 0.29) is 117 Å². The maximum absolute atomic E-state index is 12.6. The Bertz CT molecular complexity index is 4130. The van der Waals surface area contributed by atoms with E-state index in [1.54, 1.807) is 23.9 Å². The van der Waals surface area contributed by atoms with Gasteiger partial charge in [-0.05, 0) is 306 Å². The number of benzene rings is 2. The first-order valence-corrected chi connectivity index (χ1v) is 42.6. The van der Waals surface area contributed by atoms with Crippen molar-refractivity contribution in [2.45, 2.75) is 281 Å². The Morgan fingerprint density at radius 3 is 1.16 bits per heavy atom. The van der Waals surface area contributed by atoms with Crippen LogP contribution in [0.5, 0.6) is 23.0 Å². The Morgan fingerprint density at radius 1 is 0.458 bits per heavy atom. The largest absolute Gasteiger partial charge is 0.504 e.